The van der Waals surface area contributed by atoms with Crippen molar-refractivity contribution in [3.8, 4) is 0 Å². The number of alkyl halides is 5. The molecule has 1 aliphatic rings. The second-order valence-corrected chi connectivity index (χ2v) is 3.99. The average Bonchev–Trinajstić information content (AvgIpc) is 2.49. The van der Waals surface area contributed by atoms with E-state index < -0.39 is 18.3 Å². The van der Waals surface area contributed by atoms with E-state index in [1.54, 1.807) is 19.3 Å². The lowest BCUT2D eigenvalue weighted by Crippen LogP contribution is -2.58. The standard InChI is InChI=1S/C8H12F5N3/c1-5(2)3-16-4-14-15-6(16)7(9,10)8(11,12)13/h4-6,15H,3H2,1-2H3. The van der Waals surface area contributed by atoms with Crippen molar-refractivity contribution in [3.05, 3.63) is 0 Å². The zero-order valence-corrected chi connectivity index (χ0v) is 8.72. The summed E-state index contributed by atoms with van der Waals surface area (Å²) < 4.78 is 62.4. The van der Waals surface area contributed by atoms with Gasteiger partial charge in [-0.05, 0) is 5.92 Å². The third kappa shape index (κ3) is 2.35. The SMILES string of the molecule is CC(C)CN1C=NNC1C(F)(F)C(F)(F)F. The van der Waals surface area contributed by atoms with E-state index in [1.165, 1.54) is 0 Å². The van der Waals surface area contributed by atoms with Crippen molar-refractivity contribution in [2.24, 2.45) is 11.0 Å². The minimum atomic E-state index is -5.59. The highest BCUT2D eigenvalue weighted by Gasteiger charge is 2.65. The summed E-state index contributed by atoms with van der Waals surface area (Å²) in [7, 11) is 0. The molecule has 1 aliphatic heterocycles. The Labute approximate surface area is 89.3 Å². The molecule has 0 bridgehead atoms. The van der Waals surface area contributed by atoms with Crippen LogP contribution in [0.4, 0.5) is 22.0 Å². The van der Waals surface area contributed by atoms with E-state index in [1.807, 2.05) is 0 Å². The van der Waals surface area contributed by atoms with E-state index in [9.17, 15) is 22.0 Å². The van der Waals surface area contributed by atoms with Crippen LogP contribution in [-0.2, 0) is 0 Å². The summed E-state index contributed by atoms with van der Waals surface area (Å²) in [6.45, 7) is 3.51. The lowest BCUT2D eigenvalue weighted by Gasteiger charge is -2.32. The van der Waals surface area contributed by atoms with Crippen LogP contribution in [0, 0.1) is 5.92 Å². The molecule has 1 atom stereocenters. The molecule has 0 spiro atoms. The third-order valence-electron chi connectivity index (χ3n) is 2.03. The van der Waals surface area contributed by atoms with Gasteiger partial charge in [-0.15, -0.1) is 0 Å². The molecule has 0 aromatic rings. The maximum absolute atomic E-state index is 13.0. The van der Waals surface area contributed by atoms with Gasteiger partial charge in [0.2, 0.25) is 0 Å². The lowest BCUT2D eigenvalue weighted by atomic mass is 10.1. The molecule has 94 valence electrons. The first-order valence-electron chi connectivity index (χ1n) is 4.65. The molecule has 0 aromatic carbocycles. The Morgan fingerprint density at radius 2 is 1.88 bits per heavy atom. The summed E-state index contributed by atoms with van der Waals surface area (Å²) in [5.74, 6) is -4.88. The summed E-state index contributed by atoms with van der Waals surface area (Å²) in [4.78, 5) is 0.859. The average molecular weight is 245 g/mol. The van der Waals surface area contributed by atoms with Crippen LogP contribution in [0.5, 0.6) is 0 Å². The van der Waals surface area contributed by atoms with Gasteiger partial charge >= 0.3 is 12.1 Å². The highest BCUT2D eigenvalue weighted by atomic mass is 19.4. The van der Waals surface area contributed by atoms with Crippen LogP contribution >= 0.6 is 0 Å². The summed E-state index contributed by atoms with van der Waals surface area (Å²) in [5.41, 5.74) is 1.78. The van der Waals surface area contributed by atoms with Gasteiger partial charge in [-0.25, -0.2) is 0 Å². The predicted molar refractivity (Wildman–Crippen MR) is 48.0 cm³/mol. The quantitative estimate of drug-likeness (QED) is 0.770. The highest BCUT2D eigenvalue weighted by Crippen LogP contribution is 2.39. The molecular weight excluding hydrogens is 233 g/mol. The molecule has 0 amide bonds. The first-order chi connectivity index (χ1) is 7.16. The molecule has 16 heavy (non-hydrogen) atoms. The Morgan fingerprint density at radius 3 is 2.31 bits per heavy atom. The summed E-state index contributed by atoms with van der Waals surface area (Å²) in [5, 5.41) is 3.25. The molecule has 0 saturated carbocycles. The van der Waals surface area contributed by atoms with Crippen LogP contribution in [0.2, 0.25) is 0 Å². The van der Waals surface area contributed by atoms with Gasteiger partial charge in [0.25, 0.3) is 0 Å². The molecule has 0 aliphatic carbocycles. The van der Waals surface area contributed by atoms with E-state index in [2.05, 4.69) is 5.10 Å². The lowest BCUT2D eigenvalue weighted by molar-refractivity contribution is -0.302. The van der Waals surface area contributed by atoms with E-state index in [4.69, 9.17) is 0 Å². The largest absolute Gasteiger partial charge is 0.457 e. The number of hydrogen-bond acceptors (Lipinski definition) is 3. The maximum atomic E-state index is 13.0. The molecule has 1 rings (SSSR count). The van der Waals surface area contributed by atoms with Crippen LogP contribution in [0.25, 0.3) is 0 Å². The first kappa shape index (κ1) is 13.0. The first-order valence-corrected chi connectivity index (χ1v) is 4.65. The molecule has 0 radical (unpaired) electrons. The van der Waals surface area contributed by atoms with E-state index in [-0.39, 0.29) is 12.5 Å². The fourth-order valence-corrected chi connectivity index (χ4v) is 1.34. The summed E-state index contributed by atoms with van der Waals surface area (Å²) in [6, 6.07) is 0. The topological polar surface area (TPSA) is 27.6 Å². The van der Waals surface area contributed by atoms with Crippen molar-refractivity contribution >= 4 is 6.34 Å². The minimum Gasteiger partial charge on any atom is -0.334 e. The van der Waals surface area contributed by atoms with E-state index in [0.717, 1.165) is 11.2 Å². The zero-order valence-electron chi connectivity index (χ0n) is 8.72. The van der Waals surface area contributed by atoms with Crippen molar-refractivity contribution in [3.63, 3.8) is 0 Å². The van der Waals surface area contributed by atoms with Crippen molar-refractivity contribution in [2.45, 2.75) is 32.1 Å². The zero-order chi connectivity index (χ0) is 12.6. The maximum Gasteiger partial charge on any atom is 0.457 e. The highest BCUT2D eigenvalue weighted by molar-refractivity contribution is 5.57. The van der Waals surface area contributed by atoms with Crippen molar-refractivity contribution in [2.75, 3.05) is 6.54 Å². The van der Waals surface area contributed by atoms with Crippen LogP contribution in [0.15, 0.2) is 5.10 Å². The molecule has 0 aromatic heterocycles. The van der Waals surface area contributed by atoms with Gasteiger partial charge in [-0.1, -0.05) is 13.8 Å². The summed E-state index contributed by atoms with van der Waals surface area (Å²) in [6.07, 6.45) is -6.78. The Bertz CT molecular complexity index is 273. The Balaban J connectivity index is 2.80. The van der Waals surface area contributed by atoms with E-state index in [0.29, 0.717) is 0 Å². The van der Waals surface area contributed by atoms with Gasteiger partial charge < -0.3 is 4.90 Å². The van der Waals surface area contributed by atoms with Crippen molar-refractivity contribution in [1.82, 2.24) is 10.3 Å². The fraction of sp³-hybridized carbons (Fsp3) is 0.875. The molecule has 0 fully saturated rings. The van der Waals surface area contributed by atoms with Crippen LogP contribution in [0.1, 0.15) is 13.8 Å². The normalized spacial score (nSPS) is 21.8. The number of nitrogens with zero attached hydrogens (tertiary/aromatic N) is 2. The van der Waals surface area contributed by atoms with Gasteiger partial charge in [-0.2, -0.15) is 27.1 Å². The Morgan fingerprint density at radius 1 is 1.31 bits per heavy atom. The molecular formula is C8H12F5N3. The number of rotatable bonds is 3. The monoisotopic (exact) mass is 245 g/mol. The van der Waals surface area contributed by atoms with Crippen LogP contribution in [-0.4, -0.2) is 36.0 Å². The Kier molecular flexibility index (Phi) is 3.30. The number of hydrazone groups is 1. The molecule has 0 saturated heterocycles. The van der Waals surface area contributed by atoms with Gasteiger partial charge in [0.1, 0.15) is 6.34 Å². The molecule has 1 heterocycles. The molecule has 1 N–H and O–H groups in total. The van der Waals surface area contributed by atoms with Gasteiger partial charge in [-0.3, -0.25) is 5.43 Å². The third-order valence-corrected chi connectivity index (χ3v) is 2.03. The minimum absolute atomic E-state index is 0.0436. The molecule has 8 heteroatoms. The van der Waals surface area contributed by atoms with Gasteiger partial charge in [0.15, 0.2) is 6.17 Å². The van der Waals surface area contributed by atoms with Crippen molar-refractivity contribution in [1.29, 1.82) is 0 Å². The molecule has 1 unspecified atom stereocenters. The van der Waals surface area contributed by atoms with Crippen LogP contribution in [0.3, 0.4) is 0 Å². The fourth-order valence-electron chi connectivity index (χ4n) is 1.34. The van der Waals surface area contributed by atoms with E-state index >= 15 is 0 Å². The number of halogens is 5. The smallest absolute Gasteiger partial charge is 0.334 e. The second-order valence-electron chi connectivity index (χ2n) is 3.99. The second kappa shape index (κ2) is 4.06. The summed E-state index contributed by atoms with van der Waals surface area (Å²) >= 11 is 0. The number of hydrogen-bond donors (Lipinski definition) is 1. The molecule has 3 nitrogen and oxygen atoms in total. The van der Waals surface area contributed by atoms with Crippen LogP contribution < -0.4 is 5.43 Å². The van der Waals surface area contributed by atoms with Gasteiger partial charge in [0, 0.05) is 6.54 Å². The Hall–Kier alpha value is -1.08. The van der Waals surface area contributed by atoms with Gasteiger partial charge in [0.05, 0.1) is 0 Å². The van der Waals surface area contributed by atoms with Crippen molar-refractivity contribution < 1.29 is 22.0 Å². The number of nitrogens with one attached hydrogen (secondary N) is 1. The predicted octanol–water partition coefficient (Wildman–Crippen LogP) is 2.01.